The molecule has 0 bridgehead atoms. The lowest BCUT2D eigenvalue weighted by Gasteiger charge is -2.20. The van der Waals surface area contributed by atoms with Crippen LogP contribution in [0.1, 0.15) is 219 Å². The van der Waals surface area contributed by atoms with Crippen molar-refractivity contribution >= 4 is 25.9 Å². The summed E-state index contributed by atoms with van der Waals surface area (Å²) in [4.78, 5) is 46.4. The summed E-state index contributed by atoms with van der Waals surface area (Å²) in [5, 5.41) is 2.13. The summed E-state index contributed by atoms with van der Waals surface area (Å²) in [7, 11) is -4.66. The van der Waals surface area contributed by atoms with Crippen LogP contribution in [0.2, 0.25) is 0 Å². The van der Waals surface area contributed by atoms with Gasteiger partial charge >= 0.3 is 25.9 Å². The number of carbonyl (C=O) groups excluding carboxylic acids is 3. The summed E-state index contributed by atoms with van der Waals surface area (Å²) in [6.45, 7) is 1.77. The molecule has 1 atom stereocenters. The highest BCUT2D eigenvalue weighted by Crippen LogP contribution is 2.43. The molecule has 11 nitrogen and oxygen atoms in total. The molecule has 0 rings (SSSR count). The van der Waals surface area contributed by atoms with Crippen molar-refractivity contribution in [1.29, 1.82) is 0 Å². The first-order valence-electron chi connectivity index (χ1n) is 22.2. The minimum atomic E-state index is -4.66. The van der Waals surface area contributed by atoms with E-state index in [1.165, 1.54) is 141 Å². The number of nitrogens with one attached hydrogen (secondary N) is 1. The zero-order chi connectivity index (χ0) is 40.5. The first-order chi connectivity index (χ1) is 26.7. The summed E-state index contributed by atoms with van der Waals surface area (Å²) in [5.41, 5.74) is 0. The van der Waals surface area contributed by atoms with Crippen LogP contribution >= 0.6 is 7.82 Å². The molecule has 0 aromatic heterocycles. The minimum Gasteiger partial charge on any atom is -0.423 e. The number of unbranched alkanes of at least 4 members (excludes halogenated alkanes) is 28. The van der Waals surface area contributed by atoms with Crippen LogP contribution in [0, 0.1) is 0 Å². The second-order valence-corrected chi connectivity index (χ2v) is 16.3. The van der Waals surface area contributed by atoms with Gasteiger partial charge in [0.15, 0.2) is 0 Å². The molecule has 0 aromatic carbocycles. The van der Waals surface area contributed by atoms with Crippen LogP contribution in [0.3, 0.4) is 0 Å². The molecule has 13 heteroatoms. The van der Waals surface area contributed by atoms with E-state index in [4.69, 9.17) is 18.5 Å². The highest BCUT2D eigenvalue weighted by molar-refractivity contribution is 7.47. The van der Waals surface area contributed by atoms with Crippen LogP contribution in [0.25, 0.3) is 0 Å². The molecule has 0 aliphatic heterocycles. The molecule has 0 saturated heterocycles. The zero-order valence-electron chi connectivity index (χ0n) is 35.0. The number of halogens is 1. The summed E-state index contributed by atoms with van der Waals surface area (Å²) in [6, 6.07) is 0. The molecular weight excluding hydrogens is 728 g/mol. The Kier molecular flexibility index (Phi) is 39.2. The Hall–Kier alpha value is -1.75. The van der Waals surface area contributed by atoms with Gasteiger partial charge < -0.3 is 24.4 Å². The molecule has 0 aromatic rings. The van der Waals surface area contributed by atoms with Crippen molar-refractivity contribution in [2.45, 2.75) is 226 Å². The SMILES string of the molecule is CCCCCCCCCCCCCCCCCC(=O)OC(COP(=O)(O)OCCNC(=O)OCF)OC(=O)CCCCCCCCCCCCCCCCC. The fraction of sp³-hybridized carbons (Fsp3) is 0.929. The van der Waals surface area contributed by atoms with Crippen molar-refractivity contribution in [1.82, 2.24) is 5.32 Å². The number of rotatable bonds is 42. The Morgan fingerprint density at radius 2 is 0.873 bits per heavy atom. The summed E-state index contributed by atoms with van der Waals surface area (Å²) in [5.74, 6) is -1.18. The second kappa shape index (κ2) is 40.4. The number of phosphoric acid groups is 1. The first kappa shape index (κ1) is 53.2. The van der Waals surface area contributed by atoms with Gasteiger partial charge in [0.05, 0.1) is 6.61 Å². The fourth-order valence-electron chi connectivity index (χ4n) is 6.39. The molecule has 2 N–H and O–H groups in total. The third kappa shape index (κ3) is 40.3. The molecule has 0 aliphatic rings. The lowest BCUT2D eigenvalue weighted by Crippen LogP contribution is -2.29. The number of esters is 2. The smallest absolute Gasteiger partial charge is 0.423 e. The topological polar surface area (TPSA) is 147 Å². The van der Waals surface area contributed by atoms with Gasteiger partial charge in [0, 0.05) is 19.4 Å². The normalized spacial score (nSPS) is 12.5. The van der Waals surface area contributed by atoms with Crippen LogP contribution in [-0.2, 0) is 37.4 Å². The lowest BCUT2D eigenvalue weighted by molar-refractivity contribution is -0.193. The van der Waals surface area contributed by atoms with E-state index < -0.39 is 52.2 Å². The maximum Gasteiger partial charge on any atom is 0.472 e. The summed E-state index contributed by atoms with van der Waals surface area (Å²) >= 11 is 0. The minimum absolute atomic E-state index is 0.124. The third-order valence-corrected chi connectivity index (χ3v) is 10.7. The number of alkyl halides is 1. The Morgan fingerprint density at radius 3 is 1.20 bits per heavy atom. The summed E-state index contributed by atoms with van der Waals surface area (Å²) < 4.78 is 48.9. The average Bonchev–Trinajstić information content (AvgIpc) is 3.15. The molecule has 0 saturated carbocycles. The molecule has 326 valence electrons. The number of hydrogen-bond donors (Lipinski definition) is 2. The van der Waals surface area contributed by atoms with E-state index in [1.54, 1.807) is 0 Å². The molecule has 0 heterocycles. The molecule has 1 unspecified atom stereocenters. The molecule has 0 fully saturated rings. The van der Waals surface area contributed by atoms with Crippen molar-refractivity contribution in [2.75, 3.05) is 26.6 Å². The van der Waals surface area contributed by atoms with E-state index in [-0.39, 0.29) is 19.4 Å². The number of hydrogen-bond acceptors (Lipinski definition) is 9. The van der Waals surface area contributed by atoms with Crippen LogP contribution in [0.15, 0.2) is 0 Å². The predicted molar refractivity (Wildman–Crippen MR) is 217 cm³/mol. The van der Waals surface area contributed by atoms with E-state index >= 15 is 0 Å². The lowest BCUT2D eigenvalue weighted by atomic mass is 10.0. The van der Waals surface area contributed by atoms with Gasteiger partial charge in [-0.1, -0.05) is 194 Å². The predicted octanol–water partition coefficient (Wildman–Crippen LogP) is 12.7. The Balaban J connectivity index is 4.39. The molecule has 0 radical (unpaired) electrons. The van der Waals surface area contributed by atoms with E-state index in [0.717, 1.165) is 38.5 Å². The zero-order valence-corrected chi connectivity index (χ0v) is 35.9. The van der Waals surface area contributed by atoms with Gasteiger partial charge in [-0.05, 0) is 12.8 Å². The number of amides is 1. The quantitative estimate of drug-likeness (QED) is 0.0264. The second-order valence-electron chi connectivity index (χ2n) is 14.9. The maximum atomic E-state index is 12.6. The molecule has 1 amide bonds. The number of carbonyl (C=O) groups is 3. The Labute approximate surface area is 334 Å². The fourth-order valence-corrected chi connectivity index (χ4v) is 7.10. The van der Waals surface area contributed by atoms with Crippen molar-refractivity contribution in [3.63, 3.8) is 0 Å². The van der Waals surface area contributed by atoms with E-state index in [2.05, 4.69) is 23.9 Å². The first-order valence-corrected chi connectivity index (χ1v) is 23.7. The van der Waals surface area contributed by atoms with Crippen molar-refractivity contribution in [3.05, 3.63) is 0 Å². The molecule has 0 spiro atoms. The molecule has 55 heavy (non-hydrogen) atoms. The highest BCUT2D eigenvalue weighted by atomic mass is 31.2. The molecular formula is C42H81FNO10P. The number of ether oxygens (including phenoxy) is 3. The number of alkyl carbamates (subject to hydrolysis) is 1. The standard InChI is InChI=1S/C42H81FNO10P/c1-3-5-7-9-11-13-15-17-19-21-23-25-27-29-31-33-39(45)53-41(37-52-55(48,49)51-36-35-44-42(47)50-38-43)54-40(46)34-32-30-28-26-24-22-20-18-16-14-12-10-8-6-4-2/h41H,3-38H2,1-2H3,(H,44,47)(H,48,49). The van der Waals surface area contributed by atoms with Gasteiger partial charge in [-0.25, -0.2) is 13.8 Å². The third-order valence-electron chi connectivity index (χ3n) is 9.68. The van der Waals surface area contributed by atoms with Crippen LogP contribution in [0.5, 0.6) is 0 Å². The van der Waals surface area contributed by atoms with Gasteiger partial charge in [-0.2, -0.15) is 0 Å². The maximum absolute atomic E-state index is 12.6. The largest absolute Gasteiger partial charge is 0.472 e. The summed E-state index contributed by atoms with van der Waals surface area (Å²) in [6.07, 6.45) is 33.8. The van der Waals surface area contributed by atoms with Crippen LogP contribution < -0.4 is 5.32 Å². The van der Waals surface area contributed by atoms with Crippen molar-refractivity contribution in [2.24, 2.45) is 0 Å². The molecule has 0 aliphatic carbocycles. The van der Waals surface area contributed by atoms with Crippen LogP contribution in [-0.4, -0.2) is 55.8 Å². The highest BCUT2D eigenvalue weighted by Gasteiger charge is 2.27. The number of phosphoric ester groups is 1. The van der Waals surface area contributed by atoms with E-state index in [9.17, 15) is 28.2 Å². The Morgan fingerprint density at radius 1 is 0.545 bits per heavy atom. The monoisotopic (exact) mass is 810 g/mol. The average molecular weight is 810 g/mol. The van der Waals surface area contributed by atoms with Crippen molar-refractivity contribution in [3.8, 4) is 0 Å². The van der Waals surface area contributed by atoms with E-state index in [1.807, 2.05) is 0 Å². The van der Waals surface area contributed by atoms with Gasteiger partial charge in [0.25, 0.3) is 6.29 Å². The van der Waals surface area contributed by atoms with Crippen LogP contribution in [0.4, 0.5) is 9.18 Å². The van der Waals surface area contributed by atoms with Gasteiger partial charge in [-0.3, -0.25) is 18.6 Å². The van der Waals surface area contributed by atoms with E-state index in [0.29, 0.717) is 12.8 Å². The van der Waals surface area contributed by atoms with Crippen molar-refractivity contribution < 1.29 is 51.5 Å². The Bertz CT molecular complexity index is 896. The van der Waals surface area contributed by atoms with Gasteiger partial charge in [-0.15, -0.1) is 0 Å². The van der Waals surface area contributed by atoms with Gasteiger partial charge in [0.1, 0.15) is 6.61 Å². The van der Waals surface area contributed by atoms with Gasteiger partial charge in [0.2, 0.25) is 6.86 Å².